The Morgan fingerprint density at radius 1 is 0.769 bits per heavy atom. The highest BCUT2D eigenvalue weighted by Gasteiger charge is 2.15. The number of benzene rings is 3. The Kier molecular flexibility index (Phi) is 7.19. The second-order valence-electron chi connectivity index (χ2n) is 6.16. The van der Waals surface area contributed by atoms with E-state index in [4.69, 9.17) is 4.74 Å². The van der Waals surface area contributed by atoms with Crippen molar-refractivity contribution in [3.63, 3.8) is 0 Å². The van der Waals surface area contributed by atoms with Gasteiger partial charge in [-0.1, -0.05) is 103 Å². The van der Waals surface area contributed by atoms with Gasteiger partial charge in [-0.25, -0.2) is 0 Å². The summed E-state index contributed by atoms with van der Waals surface area (Å²) in [6, 6.07) is 32.1. The van der Waals surface area contributed by atoms with Crippen molar-refractivity contribution < 1.29 is 4.74 Å². The summed E-state index contributed by atoms with van der Waals surface area (Å²) < 4.78 is 5.72. The molecule has 0 aliphatic rings. The molecule has 1 unspecified atom stereocenters. The maximum absolute atomic E-state index is 5.72. The molecule has 0 saturated carbocycles. The molecule has 0 fully saturated rings. The molecule has 0 aliphatic heterocycles. The van der Waals surface area contributed by atoms with Crippen LogP contribution in [0.2, 0.25) is 0 Å². The first-order chi connectivity index (χ1) is 12.9. The molecule has 0 N–H and O–H groups in total. The zero-order valence-electron chi connectivity index (χ0n) is 15.2. The molecule has 0 radical (unpaired) electrons. The van der Waals surface area contributed by atoms with Gasteiger partial charge in [0.05, 0.1) is 6.10 Å². The van der Waals surface area contributed by atoms with Gasteiger partial charge in [0.2, 0.25) is 0 Å². The molecule has 0 aliphatic carbocycles. The molecule has 132 valence electrons. The Labute approximate surface area is 158 Å². The molecule has 26 heavy (non-hydrogen) atoms. The van der Waals surface area contributed by atoms with E-state index in [-0.39, 0.29) is 14.0 Å². The van der Waals surface area contributed by atoms with Crippen molar-refractivity contribution in [1.82, 2.24) is 0 Å². The molecular weight excluding hydrogens is 335 g/mol. The third-order valence-electron chi connectivity index (χ3n) is 4.38. The monoisotopic (exact) mass is 360 g/mol. The van der Waals surface area contributed by atoms with Gasteiger partial charge in [-0.15, -0.1) is 0 Å². The summed E-state index contributed by atoms with van der Waals surface area (Å²) >= 11 is 0. The SMILES string of the molecule is COC(/C=C/c1ccccc1)CCP(c1ccccc1)c1ccccc1. The van der Waals surface area contributed by atoms with Gasteiger partial charge in [0.15, 0.2) is 0 Å². The van der Waals surface area contributed by atoms with Gasteiger partial charge < -0.3 is 4.74 Å². The van der Waals surface area contributed by atoms with E-state index in [1.165, 1.54) is 16.2 Å². The van der Waals surface area contributed by atoms with Crippen LogP contribution < -0.4 is 10.6 Å². The lowest BCUT2D eigenvalue weighted by Gasteiger charge is -2.21. The molecule has 3 rings (SSSR count). The van der Waals surface area contributed by atoms with Gasteiger partial charge in [0.25, 0.3) is 0 Å². The van der Waals surface area contributed by atoms with E-state index in [1.54, 1.807) is 7.11 Å². The number of ether oxygens (including phenoxy) is 1. The molecule has 2 heteroatoms. The van der Waals surface area contributed by atoms with Gasteiger partial charge >= 0.3 is 0 Å². The number of rotatable bonds is 8. The minimum Gasteiger partial charge on any atom is -0.377 e. The first-order valence-electron chi connectivity index (χ1n) is 9.00. The Hall–Kier alpha value is -2.21. The van der Waals surface area contributed by atoms with Crippen molar-refractivity contribution in [2.45, 2.75) is 12.5 Å². The number of hydrogen-bond acceptors (Lipinski definition) is 1. The van der Waals surface area contributed by atoms with Crippen molar-refractivity contribution >= 4 is 24.6 Å². The third kappa shape index (κ3) is 5.39. The van der Waals surface area contributed by atoms with Gasteiger partial charge in [-0.2, -0.15) is 0 Å². The van der Waals surface area contributed by atoms with Gasteiger partial charge in [0, 0.05) is 7.11 Å². The highest BCUT2D eigenvalue weighted by molar-refractivity contribution is 7.73. The zero-order valence-corrected chi connectivity index (χ0v) is 16.1. The average Bonchev–Trinajstić information content (AvgIpc) is 2.73. The quantitative estimate of drug-likeness (QED) is 0.499. The summed E-state index contributed by atoms with van der Waals surface area (Å²) in [5.41, 5.74) is 1.21. The highest BCUT2D eigenvalue weighted by atomic mass is 31.1. The van der Waals surface area contributed by atoms with E-state index in [1.807, 2.05) is 6.07 Å². The van der Waals surface area contributed by atoms with E-state index in [0.29, 0.717) is 0 Å². The maximum Gasteiger partial charge on any atom is 0.0758 e. The molecule has 3 aromatic rings. The summed E-state index contributed by atoms with van der Waals surface area (Å²) in [5, 5.41) is 2.85. The van der Waals surface area contributed by atoms with Crippen LogP contribution in [0.5, 0.6) is 0 Å². The summed E-state index contributed by atoms with van der Waals surface area (Å²) in [4.78, 5) is 0. The predicted molar refractivity (Wildman–Crippen MR) is 115 cm³/mol. The van der Waals surface area contributed by atoms with Crippen molar-refractivity contribution in [3.8, 4) is 0 Å². The standard InChI is InChI=1S/C24H25OP/c1-25-22(18-17-21-11-5-2-6-12-21)19-20-26(23-13-7-3-8-14-23)24-15-9-4-10-16-24/h2-18,22H,19-20H2,1H3/b18-17+. The van der Waals surface area contributed by atoms with E-state index in [9.17, 15) is 0 Å². The molecule has 0 spiro atoms. The van der Waals surface area contributed by atoms with Crippen molar-refractivity contribution in [3.05, 3.63) is 103 Å². The third-order valence-corrected chi connectivity index (χ3v) is 6.93. The van der Waals surface area contributed by atoms with Crippen LogP contribution in [0.1, 0.15) is 12.0 Å². The van der Waals surface area contributed by atoms with Crippen LogP contribution in [0.4, 0.5) is 0 Å². The highest BCUT2D eigenvalue weighted by Crippen LogP contribution is 2.34. The average molecular weight is 360 g/mol. The van der Waals surface area contributed by atoms with E-state index in [0.717, 1.165) is 12.6 Å². The Bertz CT molecular complexity index is 745. The molecule has 1 nitrogen and oxygen atoms in total. The van der Waals surface area contributed by atoms with Crippen LogP contribution in [0, 0.1) is 0 Å². The van der Waals surface area contributed by atoms with Gasteiger partial charge in [-0.3, -0.25) is 0 Å². The molecule has 0 saturated heterocycles. The van der Waals surface area contributed by atoms with E-state index in [2.05, 4.69) is 97.1 Å². The fourth-order valence-electron chi connectivity index (χ4n) is 2.95. The second-order valence-corrected chi connectivity index (χ2v) is 8.49. The summed E-state index contributed by atoms with van der Waals surface area (Å²) in [6.45, 7) is 0. The van der Waals surface area contributed by atoms with Gasteiger partial charge in [-0.05, 0) is 36.7 Å². The topological polar surface area (TPSA) is 9.23 Å². The lowest BCUT2D eigenvalue weighted by Crippen LogP contribution is -2.17. The summed E-state index contributed by atoms with van der Waals surface area (Å²) in [5.74, 6) is 0. The maximum atomic E-state index is 5.72. The Morgan fingerprint density at radius 2 is 1.27 bits per heavy atom. The largest absolute Gasteiger partial charge is 0.377 e. The van der Waals surface area contributed by atoms with Gasteiger partial charge in [0.1, 0.15) is 0 Å². The first kappa shape index (κ1) is 18.6. The second kappa shape index (κ2) is 10.1. The summed E-state index contributed by atoms with van der Waals surface area (Å²) in [6.07, 6.45) is 6.59. The first-order valence-corrected chi connectivity index (χ1v) is 10.5. The van der Waals surface area contributed by atoms with Crippen LogP contribution in [0.3, 0.4) is 0 Å². The summed E-state index contributed by atoms with van der Waals surface area (Å²) in [7, 11) is 1.43. The van der Waals surface area contributed by atoms with Crippen LogP contribution in [-0.4, -0.2) is 19.4 Å². The lowest BCUT2D eigenvalue weighted by molar-refractivity contribution is 0.139. The van der Waals surface area contributed by atoms with Crippen molar-refractivity contribution in [1.29, 1.82) is 0 Å². The van der Waals surface area contributed by atoms with E-state index >= 15 is 0 Å². The van der Waals surface area contributed by atoms with Crippen LogP contribution in [0.25, 0.3) is 6.08 Å². The van der Waals surface area contributed by atoms with Crippen LogP contribution in [0.15, 0.2) is 97.1 Å². The van der Waals surface area contributed by atoms with Crippen molar-refractivity contribution in [2.75, 3.05) is 13.3 Å². The molecule has 0 bridgehead atoms. The van der Waals surface area contributed by atoms with Crippen LogP contribution >= 0.6 is 7.92 Å². The Morgan fingerprint density at radius 3 is 1.77 bits per heavy atom. The van der Waals surface area contributed by atoms with E-state index < -0.39 is 0 Å². The molecule has 1 atom stereocenters. The smallest absolute Gasteiger partial charge is 0.0758 e. The van der Waals surface area contributed by atoms with Crippen LogP contribution in [-0.2, 0) is 4.74 Å². The Balaban J connectivity index is 1.71. The fourth-order valence-corrected chi connectivity index (χ4v) is 5.35. The zero-order chi connectivity index (χ0) is 18.0. The molecule has 0 heterocycles. The minimum absolute atomic E-state index is 0.132. The number of hydrogen-bond donors (Lipinski definition) is 0. The lowest BCUT2D eigenvalue weighted by atomic mass is 10.1. The molecule has 0 amide bonds. The molecular formula is C24H25OP. The van der Waals surface area contributed by atoms with Crippen molar-refractivity contribution in [2.24, 2.45) is 0 Å². The fraction of sp³-hybridized carbons (Fsp3) is 0.167. The predicted octanol–water partition coefficient (Wildman–Crippen LogP) is 5.24. The minimum atomic E-state index is -0.368. The number of methoxy groups -OCH3 is 1. The normalized spacial score (nSPS) is 12.5. The molecule has 3 aromatic carbocycles. The molecule has 0 aromatic heterocycles.